The number of nitrogens with one attached hydrogen (secondary N) is 1. The molecule has 0 aromatic heterocycles. The fourth-order valence-corrected chi connectivity index (χ4v) is 1.50. The molecule has 104 valence electrons. The van der Waals surface area contributed by atoms with Crippen molar-refractivity contribution in [2.75, 3.05) is 19.8 Å². The van der Waals surface area contributed by atoms with Crippen LogP contribution in [0.3, 0.4) is 0 Å². The van der Waals surface area contributed by atoms with Gasteiger partial charge in [0.15, 0.2) is 0 Å². The van der Waals surface area contributed by atoms with Crippen molar-refractivity contribution in [2.45, 2.75) is 19.1 Å². The van der Waals surface area contributed by atoms with Crippen molar-refractivity contribution in [3.05, 3.63) is 35.4 Å². The van der Waals surface area contributed by atoms with Gasteiger partial charge in [0.1, 0.15) is 6.61 Å². The smallest absolute Gasteiger partial charge is 0.371 e. The summed E-state index contributed by atoms with van der Waals surface area (Å²) in [7, 11) is 0. The second kappa shape index (κ2) is 7.12. The number of alkyl halides is 3. The number of hydrogen-bond donors (Lipinski definition) is 1. The van der Waals surface area contributed by atoms with E-state index in [0.29, 0.717) is 12.1 Å². The molecule has 0 radical (unpaired) electrons. The van der Waals surface area contributed by atoms with Gasteiger partial charge in [0.2, 0.25) is 0 Å². The van der Waals surface area contributed by atoms with E-state index in [2.05, 4.69) is 10.1 Å². The third kappa shape index (κ3) is 6.22. The molecule has 1 rings (SSSR count). The van der Waals surface area contributed by atoms with Crippen LogP contribution in [-0.2, 0) is 4.74 Å². The van der Waals surface area contributed by atoms with Crippen molar-refractivity contribution >= 4 is 0 Å². The minimum absolute atomic E-state index is 0.000128. The summed E-state index contributed by atoms with van der Waals surface area (Å²) in [6.07, 6.45) is -4.28. The molecule has 0 heterocycles. The summed E-state index contributed by atoms with van der Waals surface area (Å²) in [5.74, 6) is 0. The van der Waals surface area contributed by atoms with Crippen LogP contribution in [0.25, 0.3) is 0 Å². The number of benzene rings is 1. The van der Waals surface area contributed by atoms with Gasteiger partial charge in [-0.25, -0.2) is 0 Å². The average Bonchev–Trinajstić information content (AvgIpc) is 2.37. The summed E-state index contributed by atoms with van der Waals surface area (Å²) in [5.41, 5.74) is 1.54. The lowest BCUT2D eigenvalue weighted by Crippen LogP contribution is -2.25. The number of nitrogens with zero attached hydrogens (tertiary/aromatic N) is 1. The zero-order chi connectivity index (χ0) is 14.3. The second-order valence-electron chi connectivity index (χ2n) is 4.08. The molecule has 1 unspecified atom stereocenters. The van der Waals surface area contributed by atoms with Gasteiger partial charge in [-0.15, -0.1) is 0 Å². The largest absolute Gasteiger partial charge is 0.411 e. The van der Waals surface area contributed by atoms with Crippen molar-refractivity contribution in [1.82, 2.24) is 5.32 Å². The molecule has 0 aliphatic heterocycles. The molecule has 19 heavy (non-hydrogen) atoms. The van der Waals surface area contributed by atoms with Crippen LogP contribution in [0.5, 0.6) is 0 Å². The monoisotopic (exact) mass is 272 g/mol. The summed E-state index contributed by atoms with van der Waals surface area (Å²) in [4.78, 5) is 0. The summed E-state index contributed by atoms with van der Waals surface area (Å²) in [6, 6.07) is 9.04. The second-order valence-corrected chi connectivity index (χ2v) is 4.08. The van der Waals surface area contributed by atoms with E-state index in [0.717, 1.165) is 5.56 Å². The molecular formula is C13H15F3N2O. The van der Waals surface area contributed by atoms with E-state index in [9.17, 15) is 13.2 Å². The van der Waals surface area contributed by atoms with Gasteiger partial charge in [-0.2, -0.15) is 18.4 Å². The number of hydrogen-bond acceptors (Lipinski definition) is 3. The SMILES string of the molecule is CC(NCCOCC(F)(F)F)c1ccc(C#N)cc1. The molecule has 1 aromatic rings. The van der Waals surface area contributed by atoms with Crippen molar-refractivity contribution in [3.63, 3.8) is 0 Å². The van der Waals surface area contributed by atoms with E-state index in [4.69, 9.17) is 5.26 Å². The molecule has 0 fully saturated rings. The maximum Gasteiger partial charge on any atom is 0.411 e. The van der Waals surface area contributed by atoms with Gasteiger partial charge in [0.05, 0.1) is 18.2 Å². The first-order valence-electron chi connectivity index (χ1n) is 5.80. The molecule has 0 spiro atoms. The number of ether oxygens (including phenoxy) is 1. The van der Waals surface area contributed by atoms with Crippen LogP contribution in [0, 0.1) is 11.3 Å². The van der Waals surface area contributed by atoms with Crippen molar-refractivity contribution < 1.29 is 17.9 Å². The predicted molar refractivity (Wildman–Crippen MR) is 64.4 cm³/mol. The molecule has 6 heteroatoms. The van der Waals surface area contributed by atoms with Crippen molar-refractivity contribution in [2.24, 2.45) is 0 Å². The third-order valence-corrected chi connectivity index (χ3v) is 2.50. The lowest BCUT2D eigenvalue weighted by molar-refractivity contribution is -0.173. The van der Waals surface area contributed by atoms with E-state index in [-0.39, 0.29) is 12.6 Å². The number of rotatable bonds is 6. The first kappa shape index (κ1) is 15.5. The van der Waals surface area contributed by atoms with E-state index < -0.39 is 12.8 Å². The number of halogens is 3. The predicted octanol–water partition coefficient (Wildman–Crippen LogP) is 2.79. The molecule has 0 aliphatic carbocycles. The molecule has 0 amide bonds. The highest BCUT2D eigenvalue weighted by atomic mass is 19.4. The summed E-state index contributed by atoms with van der Waals surface area (Å²) >= 11 is 0. The van der Waals surface area contributed by atoms with E-state index in [1.807, 2.05) is 25.1 Å². The van der Waals surface area contributed by atoms with Gasteiger partial charge in [0, 0.05) is 12.6 Å². The van der Waals surface area contributed by atoms with E-state index in [1.54, 1.807) is 12.1 Å². The van der Waals surface area contributed by atoms with Crippen LogP contribution in [0.1, 0.15) is 24.1 Å². The average molecular weight is 272 g/mol. The lowest BCUT2D eigenvalue weighted by atomic mass is 10.1. The van der Waals surface area contributed by atoms with E-state index in [1.165, 1.54) is 0 Å². The van der Waals surface area contributed by atoms with Gasteiger partial charge in [-0.3, -0.25) is 0 Å². The Bertz CT molecular complexity index is 423. The minimum atomic E-state index is -4.28. The van der Waals surface area contributed by atoms with Crippen LogP contribution in [0.4, 0.5) is 13.2 Å². The summed E-state index contributed by atoms with van der Waals surface area (Å²) in [6.45, 7) is 1.00. The highest BCUT2D eigenvalue weighted by molar-refractivity contribution is 5.32. The van der Waals surface area contributed by atoms with Crippen molar-refractivity contribution in [3.8, 4) is 6.07 Å². The van der Waals surface area contributed by atoms with Crippen molar-refractivity contribution in [1.29, 1.82) is 5.26 Å². The van der Waals surface area contributed by atoms with Gasteiger partial charge in [0.25, 0.3) is 0 Å². The standard InChI is InChI=1S/C13H15F3N2O/c1-10(12-4-2-11(8-17)3-5-12)18-6-7-19-9-13(14,15)16/h2-5,10,18H,6-7,9H2,1H3. The van der Waals surface area contributed by atoms with Crippen LogP contribution in [0.2, 0.25) is 0 Å². The van der Waals surface area contributed by atoms with Gasteiger partial charge in [-0.1, -0.05) is 12.1 Å². The Morgan fingerprint density at radius 1 is 1.32 bits per heavy atom. The summed E-state index contributed by atoms with van der Waals surface area (Å²) in [5, 5.41) is 11.7. The quantitative estimate of drug-likeness (QED) is 0.810. The molecular weight excluding hydrogens is 257 g/mol. The molecule has 0 bridgehead atoms. The first-order chi connectivity index (χ1) is 8.92. The molecule has 0 saturated carbocycles. The highest BCUT2D eigenvalue weighted by Crippen LogP contribution is 2.14. The lowest BCUT2D eigenvalue weighted by Gasteiger charge is -2.14. The third-order valence-electron chi connectivity index (χ3n) is 2.50. The maximum absolute atomic E-state index is 11.8. The topological polar surface area (TPSA) is 45.0 Å². The summed E-state index contributed by atoms with van der Waals surface area (Å²) < 4.78 is 39.9. The van der Waals surface area contributed by atoms with Crippen LogP contribution < -0.4 is 5.32 Å². The number of nitriles is 1. The molecule has 1 atom stereocenters. The Hall–Kier alpha value is -1.58. The van der Waals surface area contributed by atoms with Crippen LogP contribution in [-0.4, -0.2) is 25.9 Å². The fourth-order valence-electron chi connectivity index (χ4n) is 1.50. The van der Waals surface area contributed by atoms with Gasteiger partial charge >= 0.3 is 6.18 Å². The molecule has 3 nitrogen and oxygen atoms in total. The Kier molecular flexibility index (Phi) is 5.80. The maximum atomic E-state index is 11.8. The molecule has 1 aromatic carbocycles. The van der Waals surface area contributed by atoms with Gasteiger partial charge < -0.3 is 10.1 Å². The normalized spacial score (nSPS) is 13.0. The molecule has 0 aliphatic rings. The van der Waals surface area contributed by atoms with Gasteiger partial charge in [-0.05, 0) is 24.6 Å². The molecule has 1 N–H and O–H groups in total. The highest BCUT2D eigenvalue weighted by Gasteiger charge is 2.27. The Morgan fingerprint density at radius 3 is 2.47 bits per heavy atom. The van der Waals surface area contributed by atoms with E-state index >= 15 is 0 Å². The first-order valence-corrected chi connectivity index (χ1v) is 5.80. The van der Waals surface area contributed by atoms with Crippen LogP contribution >= 0.6 is 0 Å². The fraction of sp³-hybridized carbons (Fsp3) is 0.462. The Balaban J connectivity index is 2.27. The Morgan fingerprint density at radius 2 is 1.95 bits per heavy atom. The zero-order valence-corrected chi connectivity index (χ0v) is 10.5. The minimum Gasteiger partial charge on any atom is -0.371 e. The Labute approximate surface area is 110 Å². The molecule has 0 saturated heterocycles. The van der Waals surface area contributed by atoms with Crippen LogP contribution in [0.15, 0.2) is 24.3 Å². The zero-order valence-electron chi connectivity index (χ0n) is 10.5.